The predicted octanol–water partition coefficient (Wildman–Crippen LogP) is 1.04. The molecule has 1 amide bonds. The summed E-state index contributed by atoms with van der Waals surface area (Å²) in [7, 11) is 0. The van der Waals surface area contributed by atoms with Crippen LogP contribution in [0.2, 0.25) is 0 Å². The smallest absolute Gasteiger partial charge is 0.238 e. The Hall–Kier alpha value is -1.11. The first-order chi connectivity index (χ1) is 10.2. The van der Waals surface area contributed by atoms with E-state index in [0.29, 0.717) is 13.1 Å². The van der Waals surface area contributed by atoms with Gasteiger partial charge in [-0.15, -0.1) is 0 Å². The predicted molar refractivity (Wildman–Crippen MR) is 84.9 cm³/mol. The van der Waals surface area contributed by atoms with Crippen molar-refractivity contribution >= 4 is 18.5 Å². The Morgan fingerprint density at radius 3 is 2.90 bits per heavy atom. The molecule has 1 atom stereocenters. The van der Waals surface area contributed by atoms with Gasteiger partial charge in [0.25, 0.3) is 0 Å². The Kier molecular flexibility index (Phi) is 6.48. The molecule has 0 saturated carbocycles. The Morgan fingerprint density at radius 1 is 1.43 bits per heavy atom. The zero-order valence-corrected chi connectivity index (χ0v) is 12.9. The molecule has 0 radical (unpaired) electrons. The molecule has 0 bridgehead atoms. The van der Waals surface area contributed by atoms with Gasteiger partial charge in [0.05, 0.1) is 6.04 Å². The second-order valence-corrected chi connectivity index (χ2v) is 5.68. The molecule has 1 aliphatic rings. The van der Waals surface area contributed by atoms with Crippen molar-refractivity contribution in [1.82, 2.24) is 15.5 Å². The maximum Gasteiger partial charge on any atom is 0.238 e. The first-order valence-corrected chi connectivity index (χ1v) is 7.91. The van der Waals surface area contributed by atoms with Crippen LogP contribution in [0.3, 0.4) is 0 Å². The summed E-state index contributed by atoms with van der Waals surface area (Å²) in [5.74, 6) is 0.593. The lowest BCUT2D eigenvalue weighted by Gasteiger charge is -2.33. The number of carbonyl (C=O) groups excluding carboxylic acids is 1. The van der Waals surface area contributed by atoms with Crippen molar-refractivity contribution in [2.24, 2.45) is 0 Å². The number of benzene rings is 1. The SMILES string of the molecule is O=C(NCCCS)[C@@H]1CN(Cc2ccc(F)cc2)CCN1. The largest absolute Gasteiger partial charge is 0.355 e. The number of hydrogen-bond acceptors (Lipinski definition) is 4. The van der Waals surface area contributed by atoms with Gasteiger partial charge in [-0.05, 0) is 29.9 Å². The summed E-state index contributed by atoms with van der Waals surface area (Å²) in [6, 6.07) is 6.34. The molecule has 0 aromatic heterocycles. The normalized spacial score (nSPS) is 19.4. The van der Waals surface area contributed by atoms with E-state index in [4.69, 9.17) is 0 Å². The van der Waals surface area contributed by atoms with E-state index >= 15 is 0 Å². The van der Waals surface area contributed by atoms with Crippen LogP contribution in [0.15, 0.2) is 24.3 Å². The molecule has 2 N–H and O–H groups in total. The van der Waals surface area contributed by atoms with Crippen molar-refractivity contribution in [2.45, 2.75) is 19.0 Å². The highest BCUT2D eigenvalue weighted by Crippen LogP contribution is 2.09. The number of halogens is 1. The molecule has 1 aliphatic heterocycles. The molecule has 116 valence electrons. The third-order valence-corrected chi connectivity index (χ3v) is 3.85. The number of nitrogens with zero attached hydrogens (tertiary/aromatic N) is 1. The third-order valence-electron chi connectivity index (χ3n) is 3.53. The van der Waals surface area contributed by atoms with Gasteiger partial charge in [-0.1, -0.05) is 12.1 Å². The Balaban J connectivity index is 1.82. The van der Waals surface area contributed by atoms with Crippen LogP contribution >= 0.6 is 12.6 Å². The Morgan fingerprint density at radius 2 is 2.19 bits per heavy atom. The topological polar surface area (TPSA) is 44.4 Å². The maximum absolute atomic E-state index is 12.9. The van der Waals surface area contributed by atoms with E-state index in [1.165, 1.54) is 12.1 Å². The molecular weight excluding hydrogens is 289 g/mol. The zero-order valence-electron chi connectivity index (χ0n) is 12.0. The fourth-order valence-electron chi connectivity index (χ4n) is 2.39. The number of thiol groups is 1. The summed E-state index contributed by atoms with van der Waals surface area (Å²) >= 11 is 4.13. The number of piperazine rings is 1. The van der Waals surface area contributed by atoms with Gasteiger partial charge >= 0.3 is 0 Å². The molecule has 1 aromatic rings. The van der Waals surface area contributed by atoms with Gasteiger partial charge in [-0.25, -0.2) is 4.39 Å². The highest BCUT2D eigenvalue weighted by atomic mass is 32.1. The van der Waals surface area contributed by atoms with Gasteiger partial charge in [-0.2, -0.15) is 12.6 Å². The van der Waals surface area contributed by atoms with Crippen LogP contribution in [0.4, 0.5) is 4.39 Å². The van der Waals surface area contributed by atoms with Crippen molar-refractivity contribution in [2.75, 3.05) is 31.9 Å². The van der Waals surface area contributed by atoms with E-state index in [-0.39, 0.29) is 17.8 Å². The molecule has 0 aliphatic carbocycles. The summed E-state index contributed by atoms with van der Waals surface area (Å²) in [6.45, 7) is 3.74. The fraction of sp³-hybridized carbons (Fsp3) is 0.533. The standard InChI is InChI=1S/C15H22FN3OS/c16-13-4-2-12(3-5-13)10-19-8-7-17-14(11-19)15(20)18-6-1-9-21/h2-5,14,17,21H,1,6-11H2,(H,18,20)/t14-/m0/s1. The van der Waals surface area contributed by atoms with Crippen molar-refractivity contribution in [3.8, 4) is 0 Å². The minimum absolute atomic E-state index is 0.0422. The van der Waals surface area contributed by atoms with Crippen LogP contribution < -0.4 is 10.6 Å². The fourth-order valence-corrected chi connectivity index (χ4v) is 2.55. The minimum Gasteiger partial charge on any atom is -0.355 e. The Bertz CT molecular complexity index is 455. The summed E-state index contributed by atoms with van der Waals surface area (Å²) in [4.78, 5) is 14.3. The Labute approximate surface area is 130 Å². The number of carbonyl (C=O) groups is 1. The number of nitrogens with one attached hydrogen (secondary N) is 2. The lowest BCUT2D eigenvalue weighted by molar-refractivity contribution is -0.124. The van der Waals surface area contributed by atoms with Crippen molar-refractivity contribution in [3.63, 3.8) is 0 Å². The summed E-state index contributed by atoms with van der Waals surface area (Å²) in [5, 5.41) is 6.16. The molecule has 1 fully saturated rings. The van der Waals surface area contributed by atoms with Crippen LogP contribution in [0.5, 0.6) is 0 Å². The molecule has 0 unspecified atom stereocenters. The van der Waals surface area contributed by atoms with Crippen LogP contribution in [0, 0.1) is 5.82 Å². The minimum atomic E-state index is -0.222. The molecule has 1 aromatic carbocycles. The quantitative estimate of drug-likeness (QED) is 0.543. The highest BCUT2D eigenvalue weighted by molar-refractivity contribution is 7.80. The second kappa shape index (κ2) is 8.36. The molecule has 6 heteroatoms. The lowest BCUT2D eigenvalue weighted by Crippen LogP contribution is -2.56. The molecule has 2 rings (SSSR count). The van der Waals surface area contributed by atoms with Gasteiger partial charge in [-0.3, -0.25) is 9.69 Å². The van der Waals surface area contributed by atoms with E-state index in [1.807, 2.05) is 0 Å². The van der Waals surface area contributed by atoms with E-state index < -0.39 is 0 Å². The number of hydrogen-bond donors (Lipinski definition) is 3. The van der Waals surface area contributed by atoms with Gasteiger partial charge in [0.1, 0.15) is 5.82 Å². The van der Waals surface area contributed by atoms with E-state index in [1.54, 1.807) is 12.1 Å². The molecule has 1 heterocycles. The monoisotopic (exact) mass is 311 g/mol. The summed E-state index contributed by atoms with van der Waals surface area (Å²) in [5.41, 5.74) is 1.06. The van der Waals surface area contributed by atoms with Crippen molar-refractivity contribution < 1.29 is 9.18 Å². The van der Waals surface area contributed by atoms with Crippen LogP contribution in [0.25, 0.3) is 0 Å². The van der Waals surface area contributed by atoms with Crippen molar-refractivity contribution in [1.29, 1.82) is 0 Å². The highest BCUT2D eigenvalue weighted by Gasteiger charge is 2.24. The van der Waals surface area contributed by atoms with Gasteiger partial charge in [0.2, 0.25) is 5.91 Å². The van der Waals surface area contributed by atoms with Gasteiger partial charge < -0.3 is 10.6 Å². The van der Waals surface area contributed by atoms with Gasteiger partial charge in [0.15, 0.2) is 0 Å². The van der Waals surface area contributed by atoms with E-state index in [0.717, 1.165) is 37.4 Å². The second-order valence-electron chi connectivity index (χ2n) is 5.24. The molecule has 4 nitrogen and oxygen atoms in total. The molecule has 21 heavy (non-hydrogen) atoms. The average Bonchev–Trinajstić information content (AvgIpc) is 2.50. The van der Waals surface area contributed by atoms with Crippen LogP contribution in [0.1, 0.15) is 12.0 Å². The molecule has 0 spiro atoms. The average molecular weight is 311 g/mol. The first kappa shape index (κ1) is 16.3. The zero-order chi connectivity index (χ0) is 15.1. The lowest BCUT2D eigenvalue weighted by atomic mass is 10.1. The van der Waals surface area contributed by atoms with E-state index in [2.05, 4.69) is 28.2 Å². The van der Waals surface area contributed by atoms with Crippen LogP contribution in [-0.2, 0) is 11.3 Å². The third kappa shape index (κ3) is 5.30. The first-order valence-electron chi connectivity index (χ1n) is 7.28. The number of amides is 1. The summed E-state index contributed by atoms with van der Waals surface area (Å²) < 4.78 is 12.9. The molecular formula is C15H22FN3OS. The number of rotatable bonds is 6. The van der Waals surface area contributed by atoms with Gasteiger partial charge in [0, 0.05) is 32.7 Å². The maximum atomic E-state index is 12.9. The summed E-state index contributed by atoms with van der Waals surface area (Å²) in [6.07, 6.45) is 0.876. The van der Waals surface area contributed by atoms with Crippen LogP contribution in [-0.4, -0.2) is 48.8 Å². The van der Waals surface area contributed by atoms with E-state index in [9.17, 15) is 9.18 Å². The molecule has 1 saturated heterocycles. The van der Waals surface area contributed by atoms with Crippen molar-refractivity contribution in [3.05, 3.63) is 35.6 Å².